The molecule has 0 aliphatic carbocycles. The fourth-order valence-electron chi connectivity index (χ4n) is 1.31. The first kappa shape index (κ1) is 10.0. The standard InChI is InChI=1S/C9H15NO3/c1-7(2)13-8(11)9(3)5-4-6-10(9)12/h6-7H,4-5H2,1-3H3/t9-/m1/s1. The molecule has 1 rings (SSSR count). The number of ether oxygens (including phenoxy) is 1. The second-order valence-corrected chi connectivity index (χ2v) is 3.77. The molecule has 0 amide bonds. The molecule has 0 aromatic heterocycles. The van der Waals surface area contributed by atoms with E-state index in [0.29, 0.717) is 17.6 Å². The van der Waals surface area contributed by atoms with Gasteiger partial charge < -0.3 is 9.94 Å². The lowest BCUT2D eigenvalue weighted by atomic mass is 10.00. The summed E-state index contributed by atoms with van der Waals surface area (Å²) >= 11 is 0. The van der Waals surface area contributed by atoms with Crippen LogP contribution >= 0.6 is 0 Å². The largest absolute Gasteiger partial charge is 0.623 e. The van der Waals surface area contributed by atoms with Crippen molar-refractivity contribution in [2.24, 2.45) is 0 Å². The fraction of sp³-hybridized carbons (Fsp3) is 0.778. The minimum absolute atomic E-state index is 0.168. The molecule has 0 radical (unpaired) electrons. The summed E-state index contributed by atoms with van der Waals surface area (Å²) in [5.41, 5.74) is -0.996. The molecule has 1 aliphatic heterocycles. The van der Waals surface area contributed by atoms with E-state index in [1.807, 2.05) is 0 Å². The van der Waals surface area contributed by atoms with Crippen LogP contribution in [0.4, 0.5) is 0 Å². The van der Waals surface area contributed by atoms with Gasteiger partial charge in [0.25, 0.3) is 5.54 Å². The van der Waals surface area contributed by atoms with Crippen LogP contribution in [0.15, 0.2) is 0 Å². The number of nitrogens with zero attached hydrogens (tertiary/aromatic N) is 1. The van der Waals surface area contributed by atoms with Gasteiger partial charge in [-0.25, -0.2) is 4.79 Å². The van der Waals surface area contributed by atoms with E-state index in [-0.39, 0.29) is 6.10 Å². The molecule has 0 saturated carbocycles. The number of rotatable bonds is 2. The quantitative estimate of drug-likeness (QED) is 0.367. The Labute approximate surface area is 77.8 Å². The highest BCUT2D eigenvalue weighted by molar-refractivity contribution is 5.81. The van der Waals surface area contributed by atoms with Crippen molar-refractivity contribution in [1.82, 2.24) is 0 Å². The monoisotopic (exact) mass is 185 g/mol. The molecule has 0 fully saturated rings. The number of esters is 1. The Morgan fingerprint density at radius 1 is 1.69 bits per heavy atom. The van der Waals surface area contributed by atoms with Crippen LogP contribution in [0.3, 0.4) is 0 Å². The van der Waals surface area contributed by atoms with Gasteiger partial charge in [0.1, 0.15) is 0 Å². The predicted molar refractivity (Wildman–Crippen MR) is 48.6 cm³/mol. The highest BCUT2D eigenvalue weighted by Crippen LogP contribution is 2.23. The first-order chi connectivity index (χ1) is 5.97. The van der Waals surface area contributed by atoms with E-state index in [9.17, 15) is 10.0 Å². The summed E-state index contributed by atoms with van der Waals surface area (Å²) in [5.74, 6) is -0.425. The normalized spacial score (nSPS) is 27.5. The third-order valence-electron chi connectivity index (χ3n) is 2.19. The summed E-state index contributed by atoms with van der Waals surface area (Å²) in [5, 5.41) is 11.3. The SMILES string of the molecule is CC(C)OC(=O)[C@@]1(C)CCC=[N+]1[O-]. The third kappa shape index (κ3) is 1.82. The van der Waals surface area contributed by atoms with Crippen molar-refractivity contribution in [3.63, 3.8) is 0 Å². The smallest absolute Gasteiger partial charge is 0.379 e. The first-order valence-corrected chi connectivity index (χ1v) is 4.47. The predicted octanol–water partition coefficient (Wildman–Crippen LogP) is 1.07. The van der Waals surface area contributed by atoms with Crippen LogP contribution < -0.4 is 0 Å². The number of hydroxylamine groups is 1. The van der Waals surface area contributed by atoms with Crippen LogP contribution in [0.25, 0.3) is 0 Å². The molecule has 4 nitrogen and oxygen atoms in total. The summed E-state index contributed by atoms with van der Waals surface area (Å²) in [6.07, 6.45) is 2.51. The molecular weight excluding hydrogens is 170 g/mol. The average Bonchev–Trinajstić information content (AvgIpc) is 2.32. The Morgan fingerprint density at radius 3 is 2.69 bits per heavy atom. The summed E-state index contributed by atoms with van der Waals surface area (Å²) in [6, 6.07) is 0. The lowest BCUT2D eigenvalue weighted by molar-refractivity contribution is -0.518. The maximum absolute atomic E-state index is 11.5. The molecule has 1 heterocycles. The first-order valence-electron chi connectivity index (χ1n) is 4.47. The van der Waals surface area contributed by atoms with Gasteiger partial charge in [-0.15, -0.1) is 0 Å². The fourth-order valence-corrected chi connectivity index (χ4v) is 1.31. The number of hydrogen-bond donors (Lipinski definition) is 0. The molecule has 0 spiro atoms. The van der Waals surface area contributed by atoms with Gasteiger partial charge in [0, 0.05) is 19.8 Å². The molecule has 13 heavy (non-hydrogen) atoms. The van der Waals surface area contributed by atoms with E-state index < -0.39 is 11.5 Å². The molecule has 0 aromatic rings. The van der Waals surface area contributed by atoms with Crippen molar-refractivity contribution in [3.8, 4) is 0 Å². The topological polar surface area (TPSA) is 52.4 Å². The minimum atomic E-state index is -0.996. The molecule has 1 atom stereocenters. The van der Waals surface area contributed by atoms with Gasteiger partial charge in [-0.2, -0.15) is 4.74 Å². The Morgan fingerprint density at radius 2 is 2.31 bits per heavy atom. The Kier molecular flexibility index (Phi) is 2.59. The number of carbonyl (C=O) groups excluding carboxylic acids is 1. The van der Waals surface area contributed by atoms with Crippen molar-refractivity contribution in [1.29, 1.82) is 0 Å². The molecule has 74 valence electrons. The molecule has 0 saturated heterocycles. The van der Waals surface area contributed by atoms with Crippen LogP contribution in [0.2, 0.25) is 0 Å². The number of hydrogen-bond acceptors (Lipinski definition) is 3. The van der Waals surface area contributed by atoms with Gasteiger partial charge >= 0.3 is 5.97 Å². The molecule has 0 N–H and O–H groups in total. The molecule has 0 bridgehead atoms. The lowest BCUT2D eigenvalue weighted by Gasteiger charge is -2.22. The van der Waals surface area contributed by atoms with E-state index in [0.717, 1.165) is 0 Å². The van der Waals surface area contributed by atoms with Gasteiger partial charge in [-0.1, -0.05) is 0 Å². The van der Waals surface area contributed by atoms with E-state index in [1.165, 1.54) is 6.21 Å². The van der Waals surface area contributed by atoms with Crippen molar-refractivity contribution in [3.05, 3.63) is 5.21 Å². The van der Waals surface area contributed by atoms with E-state index >= 15 is 0 Å². The van der Waals surface area contributed by atoms with E-state index in [1.54, 1.807) is 20.8 Å². The zero-order valence-electron chi connectivity index (χ0n) is 8.24. The van der Waals surface area contributed by atoms with Gasteiger partial charge in [0.2, 0.25) is 0 Å². The van der Waals surface area contributed by atoms with Crippen LogP contribution in [0, 0.1) is 5.21 Å². The van der Waals surface area contributed by atoms with Gasteiger partial charge in [-0.05, 0) is 13.8 Å². The van der Waals surface area contributed by atoms with Crippen molar-refractivity contribution in [2.75, 3.05) is 0 Å². The van der Waals surface area contributed by atoms with Crippen LogP contribution in [-0.2, 0) is 9.53 Å². The maximum atomic E-state index is 11.5. The molecule has 4 heteroatoms. The zero-order valence-corrected chi connectivity index (χ0v) is 8.24. The zero-order chi connectivity index (χ0) is 10.1. The van der Waals surface area contributed by atoms with Gasteiger partial charge in [-0.3, -0.25) is 0 Å². The lowest BCUT2D eigenvalue weighted by Crippen LogP contribution is -2.43. The molecule has 0 aromatic carbocycles. The molecule has 0 unspecified atom stereocenters. The number of carbonyl (C=O) groups is 1. The van der Waals surface area contributed by atoms with Gasteiger partial charge in [0.15, 0.2) is 6.21 Å². The highest BCUT2D eigenvalue weighted by Gasteiger charge is 2.46. The Hall–Kier alpha value is -1.06. The maximum Gasteiger partial charge on any atom is 0.379 e. The minimum Gasteiger partial charge on any atom is -0.623 e. The van der Waals surface area contributed by atoms with E-state index in [2.05, 4.69) is 0 Å². The molecular formula is C9H15NO3. The summed E-state index contributed by atoms with van der Waals surface area (Å²) in [4.78, 5) is 11.5. The summed E-state index contributed by atoms with van der Waals surface area (Å²) < 4.78 is 5.71. The second kappa shape index (κ2) is 3.36. The summed E-state index contributed by atoms with van der Waals surface area (Å²) in [7, 11) is 0. The molecule has 1 aliphatic rings. The van der Waals surface area contributed by atoms with E-state index in [4.69, 9.17) is 4.74 Å². The van der Waals surface area contributed by atoms with Crippen molar-refractivity contribution >= 4 is 12.2 Å². The Bertz CT molecular complexity index is 247. The summed E-state index contributed by atoms with van der Waals surface area (Å²) in [6.45, 7) is 5.17. The van der Waals surface area contributed by atoms with Gasteiger partial charge in [0.05, 0.1) is 6.10 Å². The average molecular weight is 185 g/mol. The second-order valence-electron chi connectivity index (χ2n) is 3.77. The Balaban J connectivity index is 2.70. The van der Waals surface area contributed by atoms with Crippen LogP contribution in [0.5, 0.6) is 0 Å². The van der Waals surface area contributed by atoms with Crippen LogP contribution in [0.1, 0.15) is 33.6 Å². The highest BCUT2D eigenvalue weighted by atomic mass is 16.6. The van der Waals surface area contributed by atoms with Crippen LogP contribution in [-0.4, -0.2) is 28.6 Å². The third-order valence-corrected chi connectivity index (χ3v) is 2.19. The van der Waals surface area contributed by atoms with Crippen molar-refractivity contribution < 1.29 is 14.3 Å². The van der Waals surface area contributed by atoms with Crippen molar-refractivity contribution in [2.45, 2.75) is 45.3 Å².